The van der Waals surface area contributed by atoms with Crippen LogP contribution in [0.5, 0.6) is 0 Å². The highest BCUT2D eigenvalue weighted by Crippen LogP contribution is 2.28. The van der Waals surface area contributed by atoms with Gasteiger partial charge in [0, 0.05) is 16.0 Å². The van der Waals surface area contributed by atoms with Gasteiger partial charge in [0.05, 0.1) is 5.02 Å². The second kappa shape index (κ2) is 3.74. The first-order valence-corrected chi connectivity index (χ1v) is 5.39. The summed E-state index contributed by atoms with van der Waals surface area (Å²) in [5.74, 6) is 6.99. The third-order valence-electron chi connectivity index (χ3n) is 1.92. The predicted molar refractivity (Wildman–Crippen MR) is 58.8 cm³/mol. The Morgan fingerprint density at radius 2 is 2.15 bits per heavy atom. The third kappa shape index (κ3) is 2.49. The van der Waals surface area contributed by atoms with Crippen molar-refractivity contribution in [3.63, 3.8) is 0 Å². The van der Waals surface area contributed by atoms with Crippen molar-refractivity contribution in [1.29, 1.82) is 0 Å². The van der Waals surface area contributed by atoms with Crippen molar-refractivity contribution in [3.05, 3.63) is 33.3 Å². The van der Waals surface area contributed by atoms with Gasteiger partial charge in [0.25, 0.3) is 0 Å². The zero-order valence-corrected chi connectivity index (χ0v) is 9.32. The van der Waals surface area contributed by atoms with E-state index in [0.717, 1.165) is 15.1 Å². The summed E-state index contributed by atoms with van der Waals surface area (Å²) in [5.41, 5.74) is 1.03. The monoisotopic (exact) mass is 254 g/mol. The Morgan fingerprint density at radius 3 is 2.77 bits per heavy atom. The molecule has 2 rings (SSSR count). The normalized spacial score (nSPS) is 14.9. The van der Waals surface area contributed by atoms with Gasteiger partial charge in [-0.2, -0.15) is 0 Å². The number of hydrogen-bond acceptors (Lipinski definition) is 0. The molecule has 0 nitrogen and oxygen atoms in total. The third-order valence-corrected chi connectivity index (χ3v) is 3.13. The Bertz CT molecular complexity index is 383. The number of rotatable bonds is 0. The fourth-order valence-electron chi connectivity index (χ4n) is 0.987. The standard InChI is InChI=1S/C11H8BrCl/c12-10-7-9(5-6-11(10)13)4-3-8-1-2-8/h5-8H,1-2H2. The first-order valence-electron chi connectivity index (χ1n) is 4.22. The summed E-state index contributed by atoms with van der Waals surface area (Å²) in [5, 5.41) is 0.733. The van der Waals surface area contributed by atoms with Crippen molar-refractivity contribution in [1.82, 2.24) is 0 Å². The Kier molecular flexibility index (Phi) is 2.62. The summed E-state index contributed by atoms with van der Waals surface area (Å²) in [6, 6.07) is 5.77. The quantitative estimate of drug-likeness (QED) is 0.618. The van der Waals surface area contributed by atoms with Gasteiger partial charge in [-0.15, -0.1) is 0 Å². The second-order valence-electron chi connectivity index (χ2n) is 3.17. The summed E-state index contributed by atoms with van der Waals surface area (Å²) in [4.78, 5) is 0. The summed E-state index contributed by atoms with van der Waals surface area (Å²) >= 11 is 9.23. The van der Waals surface area contributed by atoms with E-state index in [0.29, 0.717) is 5.92 Å². The average Bonchev–Trinajstić information content (AvgIpc) is 2.91. The van der Waals surface area contributed by atoms with Crippen LogP contribution in [0, 0.1) is 17.8 Å². The number of halogens is 2. The molecule has 13 heavy (non-hydrogen) atoms. The molecule has 0 saturated heterocycles. The van der Waals surface area contributed by atoms with Crippen LogP contribution in [0.25, 0.3) is 0 Å². The molecule has 1 aliphatic rings. The molecule has 0 radical (unpaired) electrons. The Morgan fingerprint density at radius 1 is 1.38 bits per heavy atom. The lowest BCUT2D eigenvalue weighted by molar-refractivity contribution is 1.18. The van der Waals surface area contributed by atoms with Crippen LogP contribution >= 0.6 is 27.5 Å². The smallest absolute Gasteiger partial charge is 0.0548 e. The van der Waals surface area contributed by atoms with E-state index in [1.165, 1.54) is 12.8 Å². The first kappa shape index (κ1) is 9.12. The van der Waals surface area contributed by atoms with Gasteiger partial charge in [0.2, 0.25) is 0 Å². The summed E-state index contributed by atoms with van der Waals surface area (Å²) < 4.78 is 0.914. The molecule has 0 heterocycles. The molecule has 1 saturated carbocycles. The van der Waals surface area contributed by atoms with E-state index in [1.807, 2.05) is 18.2 Å². The molecular weight excluding hydrogens is 247 g/mol. The number of benzene rings is 1. The zero-order valence-electron chi connectivity index (χ0n) is 6.98. The molecule has 1 aliphatic carbocycles. The van der Waals surface area contributed by atoms with E-state index < -0.39 is 0 Å². The molecule has 66 valence electrons. The minimum atomic E-state index is 0.648. The minimum absolute atomic E-state index is 0.648. The van der Waals surface area contributed by atoms with E-state index in [4.69, 9.17) is 11.6 Å². The van der Waals surface area contributed by atoms with Gasteiger partial charge < -0.3 is 0 Å². The van der Waals surface area contributed by atoms with Crippen molar-refractivity contribution < 1.29 is 0 Å². The zero-order chi connectivity index (χ0) is 9.26. The molecule has 0 aliphatic heterocycles. The van der Waals surface area contributed by atoms with Crippen molar-refractivity contribution in [2.45, 2.75) is 12.8 Å². The van der Waals surface area contributed by atoms with Gasteiger partial charge in [0.1, 0.15) is 0 Å². The van der Waals surface area contributed by atoms with Gasteiger partial charge in [-0.05, 0) is 47.0 Å². The fourth-order valence-corrected chi connectivity index (χ4v) is 1.48. The molecule has 0 N–H and O–H groups in total. The molecule has 1 fully saturated rings. The van der Waals surface area contributed by atoms with Crippen molar-refractivity contribution in [2.75, 3.05) is 0 Å². The van der Waals surface area contributed by atoms with E-state index >= 15 is 0 Å². The Labute approximate surface area is 91.4 Å². The van der Waals surface area contributed by atoms with Gasteiger partial charge >= 0.3 is 0 Å². The van der Waals surface area contributed by atoms with Crippen LogP contribution in [0.15, 0.2) is 22.7 Å². The summed E-state index contributed by atoms with van der Waals surface area (Å²) in [6.07, 6.45) is 2.53. The number of hydrogen-bond donors (Lipinski definition) is 0. The maximum atomic E-state index is 5.86. The van der Waals surface area contributed by atoms with E-state index in [9.17, 15) is 0 Å². The van der Waals surface area contributed by atoms with Crippen molar-refractivity contribution in [2.24, 2.45) is 5.92 Å². The van der Waals surface area contributed by atoms with E-state index in [1.54, 1.807) is 0 Å². The SMILES string of the molecule is Clc1ccc(C#CC2CC2)cc1Br. The molecule has 0 amide bonds. The van der Waals surface area contributed by atoms with Crippen LogP contribution in [0.3, 0.4) is 0 Å². The van der Waals surface area contributed by atoms with Crippen LogP contribution < -0.4 is 0 Å². The second-order valence-corrected chi connectivity index (χ2v) is 4.43. The lowest BCUT2D eigenvalue weighted by Gasteiger charge is -1.94. The van der Waals surface area contributed by atoms with Crippen LogP contribution in [0.1, 0.15) is 18.4 Å². The Balaban J connectivity index is 2.22. The van der Waals surface area contributed by atoms with Gasteiger partial charge in [-0.3, -0.25) is 0 Å². The molecule has 1 aromatic rings. The summed E-state index contributed by atoms with van der Waals surface area (Å²) in [7, 11) is 0. The molecule has 0 spiro atoms. The summed E-state index contributed by atoms with van der Waals surface area (Å²) in [6.45, 7) is 0. The molecule has 2 heteroatoms. The molecular formula is C11H8BrCl. The lowest BCUT2D eigenvalue weighted by atomic mass is 10.2. The highest BCUT2D eigenvalue weighted by molar-refractivity contribution is 9.10. The minimum Gasteiger partial charge on any atom is -0.0945 e. The molecule has 1 aromatic carbocycles. The van der Waals surface area contributed by atoms with Gasteiger partial charge in [-0.25, -0.2) is 0 Å². The predicted octanol–water partition coefficient (Wildman–Crippen LogP) is 3.86. The van der Waals surface area contributed by atoms with Crippen LogP contribution in [-0.2, 0) is 0 Å². The van der Waals surface area contributed by atoms with Gasteiger partial charge in [0.15, 0.2) is 0 Å². The lowest BCUT2D eigenvalue weighted by Crippen LogP contribution is -1.75. The molecule has 0 atom stereocenters. The highest BCUT2D eigenvalue weighted by Gasteiger charge is 2.17. The molecule has 0 bridgehead atoms. The highest BCUT2D eigenvalue weighted by atomic mass is 79.9. The van der Waals surface area contributed by atoms with Crippen molar-refractivity contribution in [3.8, 4) is 11.8 Å². The van der Waals surface area contributed by atoms with Gasteiger partial charge in [-0.1, -0.05) is 23.4 Å². The maximum Gasteiger partial charge on any atom is 0.0548 e. The molecule has 0 aromatic heterocycles. The van der Waals surface area contributed by atoms with Crippen LogP contribution in [0.4, 0.5) is 0 Å². The first-order chi connectivity index (χ1) is 6.25. The van der Waals surface area contributed by atoms with E-state index in [-0.39, 0.29) is 0 Å². The topological polar surface area (TPSA) is 0 Å². The largest absolute Gasteiger partial charge is 0.0945 e. The van der Waals surface area contributed by atoms with Crippen LogP contribution in [0.2, 0.25) is 5.02 Å². The molecule has 0 unspecified atom stereocenters. The Hall–Kier alpha value is -0.450. The van der Waals surface area contributed by atoms with Crippen molar-refractivity contribution >= 4 is 27.5 Å². The van der Waals surface area contributed by atoms with E-state index in [2.05, 4.69) is 27.8 Å². The fraction of sp³-hybridized carbons (Fsp3) is 0.273. The maximum absolute atomic E-state index is 5.86. The van der Waals surface area contributed by atoms with Crippen LogP contribution in [-0.4, -0.2) is 0 Å². The average molecular weight is 256 g/mol.